The quantitative estimate of drug-likeness (QED) is 0.714. The highest BCUT2D eigenvalue weighted by Gasteiger charge is 2.13. The molecule has 0 heterocycles. The highest BCUT2D eigenvalue weighted by atomic mass is 16.5. The van der Waals surface area contributed by atoms with E-state index in [1.807, 2.05) is 18.2 Å². The van der Waals surface area contributed by atoms with E-state index in [1.165, 1.54) is 0 Å². The van der Waals surface area contributed by atoms with Crippen molar-refractivity contribution in [1.82, 2.24) is 0 Å². The predicted molar refractivity (Wildman–Crippen MR) is 62.8 cm³/mol. The molecule has 0 saturated heterocycles. The van der Waals surface area contributed by atoms with E-state index in [0.717, 1.165) is 17.1 Å². The van der Waals surface area contributed by atoms with E-state index in [9.17, 15) is 0 Å². The van der Waals surface area contributed by atoms with Crippen LogP contribution in [-0.4, -0.2) is 13.7 Å². The van der Waals surface area contributed by atoms with Gasteiger partial charge in [0.15, 0.2) is 0 Å². The number of benzene rings is 1. The minimum Gasteiger partial charge on any atom is -0.496 e. The molecule has 0 bridgehead atoms. The Morgan fingerprint density at radius 3 is 2.56 bits per heavy atom. The molecule has 0 saturated carbocycles. The number of methoxy groups -OCH3 is 1. The van der Waals surface area contributed by atoms with Crippen LogP contribution in [0.5, 0.6) is 11.5 Å². The number of hydrogen-bond donors (Lipinski definition) is 0. The molecule has 3 heteroatoms. The van der Waals surface area contributed by atoms with Crippen LogP contribution in [0.15, 0.2) is 18.2 Å². The zero-order valence-corrected chi connectivity index (χ0v) is 9.99. The van der Waals surface area contributed by atoms with Crippen LogP contribution in [-0.2, 0) is 0 Å². The Kier molecular flexibility index (Phi) is 4.65. The summed E-state index contributed by atoms with van der Waals surface area (Å²) < 4.78 is 10.9. The molecule has 0 atom stereocenters. The fourth-order valence-electron chi connectivity index (χ4n) is 1.60. The highest BCUT2D eigenvalue weighted by Crippen LogP contribution is 2.34. The van der Waals surface area contributed by atoms with E-state index in [1.54, 1.807) is 7.11 Å². The van der Waals surface area contributed by atoms with Gasteiger partial charge in [-0.05, 0) is 18.1 Å². The molecule has 0 N–H and O–H groups in total. The Bertz CT molecular complexity index is 380. The molecule has 0 spiro atoms. The summed E-state index contributed by atoms with van der Waals surface area (Å²) >= 11 is 0. The molecule has 86 valence electrons. The lowest BCUT2D eigenvalue weighted by molar-refractivity contribution is 0.317. The third kappa shape index (κ3) is 2.90. The molecule has 1 aromatic carbocycles. The van der Waals surface area contributed by atoms with Crippen LogP contribution in [0, 0.1) is 11.3 Å². The zero-order chi connectivity index (χ0) is 12.0. The maximum Gasteiger partial charge on any atom is 0.126 e. The van der Waals surface area contributed by atoms with Gasteiger partial charge in [-0.3, -0.25) is 0 Å². The van der Waals surface area contributed by atoms with Gasteiger partial charge in [-0.25, -0.2) is 0 Å². The van der Waals surface area contributed by atoms with Gasteiger partial charge in [0, 0.05) is 5.56 Å². The van der Waals surface area contributed by atoms with E-state index in [4.69, 9.17) is 14.7 Å². The minimum absolute atomic E-state index is 0.327. The molecule has 0 aliphatic carbocycles. The lowest BCUT2D eigenvalue weighted by Gasteiger charge is -2.16. The van der Waals surface area contributed by atoms with Gasteiger partial charge in [-0.15, -0.1) is 0 Å². The Morgan fingerprint density at radius 1 is 1.31 bits per heavy atom. The molecule has 16 heavy (non-hydrogen) atoms. The summed E-state index contributed by atoms with van der Waals surface area (Å²) in [6.45, 7) is 4.60. The van der Waals surface area contributed by atoms with Crippen molar-refractivity contribution < 1.29 is 9.47 Å². The summed E-state index contributed by atoms with van der Waals surface area (Å²) in [5.74, 6) is 1.97. The third-order valence-electron chi connectivity index (χ3n) is 2.29. The summed E-state index contributed by atoms with van der Waals surface area (Å²) in [4.78, 5) is 0. The maximum atomic E-state index is 8.47. The van der Waals surface area contributed by atoms with Crippen LogP contribution in [0.2, 0.25) is 0 Å². The summed E-state index contributed by atoms with van der Waals surface area (Å²) in [7, 11) is 1.65. The van der Waals surface area contributed by atoms with E-state index < -0.39 is 0 Å². The van der Waals surface area contributed by atoms with E-state index in [2.05, 4.69) is 19.9 Å². The van der Waals surface area contributed by atoms with Crippen LogP contribution in [0.1, 0.15) is 31.7 Å². The van der Waals surface area contributed by atoms with Crippen LogP contribution in [0.3, 0.4) is 0 Å². The predicted octanol–water partition coefficient (Wildman–Crippen LogP) is 3.11. The number of nitrogens with zero attached hydrogens (tertiary/aromatic N) is 1. The van der Waals surface area contributed by atoms with Gasteiger partial charge in [0.1, 0.15) is 18.1 Å². The van der Waals surface area contributed by atoms with Crippen molar-refractivity contribution in [2.75, 3.05) is 13.7 Å². The van der Waals surface area contributed by atoms with Crippen molar-refractivity contribution in [3.8, 4) is 17.6 Å². The van der Waals surface area contributed by atoms with Crippen molar-refractivity contribution in [3.63, 3.8) is 0 Å². The molecule has 1 rings (SSSR count). The summed E-state index contributed by atoms with van der Waals surface area (Å²) in [5, 5.41) is 8.47. The largest absolute Gasteiger partial charge is 0.496 e. The molecule has 0 amide bonds. The molecule has 0 aromatic heterocycles. The van der Waals surface area contributed by atoms with E-state index in [0.29, 0.717) is 18.9 Å². The number of rotatable bonds is 5. The van der Waals surface area contributed by atoms with Crippen LogP contribution in [0.25, 0.3) is 0 Å². The van der Waals surface area contributed by atoms with E-state index in [-0.39, 0.29) is 0 Å². The van der Waals surface area contributed by atoms with Crippen LogP contribution >= 0.6 is 0 Å². The summed E-state index contributed by atoms with van der Waals surface area (Å²) in [6, 6.07) is 7.79. The monoisotopic (exact) mass is 219 g/mol. The third-order valence-corrected chi connectivity index (χ3v) is 2.29. The molecule has 0 radical (unpaired) electrons. The molecule has 0 fully saturated rings. The second-order valence-corrected chi connectivity index (χ2v) is 3.78. The van der Waals surface area contributed by atoms with E-state index >= 15 is 0 Å². The van der Waals surface area contributed by atoms with Gasteiger partial charge in [0.25, 0.3) is 0 Å². The lowest BCUT2D eigenvalue weighted by atomic mass is 10.0. The first-order valence-electron chi connectivity index (χ1n) is 5.37. The Hall–Kier alpha value is -1.69. The standard InChI is InChI=1S/C13H17NO2/c1-10(2)13-11(15-3)6-4-7-12(13)16-9-5-8-14/h4,6-7,10H,5,9H2,1-3H3. The molecular weight excluding hydrogens is 202 g/mol. The Balaban J connectivity index is 2.94. The topological polar surface area (TPSA) is 42.2 Å². The molecule has 1 aromatic rings. The van der Waals surface area contributed by atoms with Crippen LogP contribution < -0.4 is 9.47 Å². The van der Waals surface area contributed by atoms with Crippen LogP contribution in [0.4, 0.5) is 0 Å². The Labute approximate surface area is 96.6 Å². The number of nitriles is 1. The zero-order valence-electron chi connectivity index (χ0n) is 9.99. The van der Waals surface area contributed by atoms with Gasteiger partial charge in [0.05, 0.1) is 19.6 Å². The van der Waals surface area contributed by atoms with Crippen molar-refractivity contribution >= 4 is 0 Å². The van der Waals surface area contributed by atoms with Gasteiger partial charge < -0.3 is 9.47 Å². The van der Waals surface area contributed by atoms with Crippen molar-refractivity contribution in [3.05, 3.63) is 23.8 Å². The molecule has 0 aliphatic heterocycles. The average Bonchev–Trinajstić information content (AvgIpc) is 2.28. The minimum atomic E-state index is 0.327. The fourth-order valence-corrected chi connectivity index (χ4v) is 1.60. The number of ether oxygens (including phenoxy) is 2. The second-order valence-electron chi connectivity index (χ2n) is 3.78. The van der Waals surface area contributed by atoms with Gasteiger partial charge in [-0.2, -0.15) is 5.26 Å². The Morgan fingerprint density at radius 2 is 2.00 bits per heavy atom. The van der Waals surface area contributed by atoms with Crippen molar-refractivity contribution in [2.45, 2.75) is 26.2 Å². The van der Waals surface area contributed by atoms with Gasteiger partial charge in [-0.1, -0.05) is 19.9 Å². The lowest BCUT2D eigenvalue weighted by Crippen LogP contribution is -2.02. The first-order valence-corrected chi connectivity index (χ1v) is 5.37. The first kappa shape index (κ1) is 12.4. The SMILES string of the molecule is COc1cccc(OCCC#N)c1C(C)C. The van der Waals surface area contributed by atoms with Crippen molar-refractivity contribution in [2.24, 2.45) is 0 Å². The summed E-state index contributed by atoms with van der Waals surface area (Å²) in [5.41, 5.74) is 1.06. The summed E-state index contributed by atoms with van der Waals surface area (Å²) in [6.07, 6.45) is 0.398. The number of hydrogen-bond acceptors (Lipinski definition) is 3. The molecule has 0 aliphatic rings. The van der Waals surface area contributed by atoms with Gasteiger partial charge in [0.2, 0.25) is 0 Å². The fraction of sp³-hybridized carbons (Fsp3) is 0.462. The highest BCUT2D eigenvalue weighted by molar-refractivity contribution is 5.46. The molecular formula is C13H17NO2. The van der Waals surface area contributed by atoms with Gasteiger partial charge >= 0.3 is 0 Å². The average molecular weight is 219 g/mol. The molecule has 3 nitrogen and oxygen atoms in total. The molecule has 0 unspecified atom stereocenters. The smallest absolute Gasteiger partial charge is 0.126 e. The first-order chi connectivity index (χ1) is 7.70. The second kappa shape index (κ2) is 6.02. The normalized spacial score (nSPS) is 9.94. The van der Waals surface area contributed by atoms with Crippen molar-refractivity contribution in [1.29, 1.82) is 5.26 Å². The maximum absolute atomic E-state index is 8.47.